The fourth-order valence-electron chi connectivity index (χ4n) is 3.66. The summed E-state index contributed by atoms with van der Waals surface area (Å²) in [5.74, 6) is -2.77. The molecule has 2 aromatic heterocycles. The first kappa shape index (κ1) is 24.2. The highest BCUT2D eigenvalue weighted by Crippen LogP contribution is 2.40. The molecule has 4 rings (SSSR count). The van der Waals surface area contributed by atoms with Crippen molar-refractivity contribution >= 4 is 57.7 Å². The van der Waals surface area contributed by atoms with Gasteiger partial charge >= 0.3 is 5.97 Å². The third-order valence-electron chi connectivity index (χ3n) is 5.25. The Morgan fingerprint density at radius 1 is 1.37 bits per heavy atom. The minimum Gasteiger partial charge on any atom is -0.477 e. The molecule has 0 aromatic carbocycles. The second-order valence-corrected chi connectivity index (χ2v) is 9.42. The van der Waals surface area contributed by atoms with E-state index < -0.39 is 35.1 Å². The molecular formula is C20H20N7O6S2+. The number of amides is 3. The molecule has 2 atom stereocenters. The maximum absolute atomic E-state index is 12.9. The standard InChI is InChI=1S/C20H19N7O6S2/c1-33-24-13(11-6-12(21)35-25-11)17(29)23-14-18(30)27-15(20(31)32)10(8-34-19(14)27)7-26-4-2-9(3-5-26)16(22)28/h2-6,14,19H,7-8H2,1H3,(H5-,21,22,23,25,28,29,31,32)/p+1/b24-13-/t14-,19-/m1/s1. The summed E-state index contributed by atoms with van der Waals surface area (Å²) >= 11 is 2.30. The number of β-lactam (4-membered cyclic amide) rings is 1. The Morgan fingerprint density at radius 2 is 2.09 bits per heavy atom. The number of anilines is 1. The van der Waals surface area contributed by atoms with Crippen LogP contribution in [0.2, 0.25) is 0 Å². The van der Waals surface area contributed by atoms with E-state index in [0.29, 0.717) is 21.9 Å². The summed E-state index contributed by atoms with van der Waals surface area (Å²) in [6.45, 7) is 0.192. The van der Waals surface area contributed by atoms with E-state index in [-0.39, 0.29) is 23.6 Å². The van der Waals surface area contributed by atoms with Gasteiger partial charge < -0.3 is 26.7 Å². The van der Waals surface area contributed by atoms with Gasteiger partial charge in [0.15, 0.2) is 24.7 Å². The van der Waals surface area contributed by atoms with Crippen LogP contribution < -0.4 is 21.4 Å². The third kappa shape index (κ3) is 4.67. The molecule has 182 valence electrons. The van der Waals surface area contributed by atoms with Crippen molar-refractivity contribution in [3.8, 4) is 0 Å². The van der Waals surface area contributed by atoms with E-state index >= 15 is 0 Å². The number of aliphatic carboxylic acids is 1. The predicted molar refractivity (Wildman–Crippen MR) is 125 cm³/mol. The fraction of sp³-hybridized carbons (Fsp3) is 0.250. The summed E-state index contributed by atoms with van der Waals surface area (Å²) < 4.78 is 5.72. The number of primary amides is 1. The highest BCUT2D eigenvalue weighted by molar-refractivity contribution is 8.00. The van der Waals surface area contributed by atoms with Gasteiger partial charge in [-0.25, -0.2) is 9.36 Å². The smallest absolute Gasteiger partial charge is 0.352 e. The summed E-state index contributed by atoms with van der Waals surface area (Å²) in [6, 6.07) is 3.55. The summed E-state index contributed by atoms with van der Waals surface area (Å²) in [4.78, 5) is 55.0. The van der Waals surface area contributed by atoms with Crippen LogP contribution in [0.25, 0.3) is 0 Å². The lowest BCUT2D eigenvalue weighted by Crippen LogP contribution is -2.71. The summed E-state index contributed by atoms with van der Waals surface area (Å²) in [7, 11) is 1.27. The molecule has 0 unspecified atom stereocenters. The Hall–Kier alpha value is -3.98. The molecule has 1 saturated heterocycles. The number of nitrogens with two attached hydrogens (primary N) is 2. The lowest BCUT2D eigenvalue weighted by Gasteiger charge is -2.49. The second-order valence-electron chi connectivity index (χ2n) is 7.48. The normalized spacial score (nSPS) is 19.6. The van der Waals surface area contributed by atoms with E-state index in [0.717, 1.165) is 11.5 Å². The molecule has 0 saturated carbocycles. The van der Waals surface area contributed by atoms with Gasteiger partial charge in [0.25, 0.3) is 11.8 Å². The van der Waals surface area contributed by atoms with E-state index in [1.54, 1.807) is 17.0 Å². The Labute approximate surface area is 206 Å². The minimum atomic E-state index is -1.25. The number of oxime groups is 1. The SMILES string of the molecule is CO/N=C(\C(=O)N[C@@H]1C(=O)N2C(C(=O)O)=C(C[n+]3ccc(C(N)=O)cc3)CS[C@H]12)c1cc(N)sn1. The lowest BCUT2D eigenvalue weighted by atomic mass is 10.0. The monoisotopic (exact) mass is 518 g/mol. The fourth-order valence-corrected chi connectivity index (χ4v) is 5.50. The average Bonchev–Trinajstić information content (AvgIpc) is 3.26. The first-order valence-electron chi connectivity index (χ1n) is 10.0. The molecule has 3 amide bonds. The van der Waals surface area contributed by atoms with Gasteiger partial charge in [-0.2, -0.15) is 4.37 Å². The van der Waals surface area contributed by atoms with E-state index in [2.05, 4.69) is 14.8 Å². The van der Waals surface area contributed by atoms with Crippen molar-refractivity contribution in [2.24, 2.45) is 10.9 Å². The number of nitrogens with one attached hydrogen (secondary N) is 1. The average molecular weight is 519 g/mol. The van der Waals surface area contributed by atoms with Gasteiger partial charge in [-0.3, -0.25) is 19.3 Å². The van der Waals surface area contributed by atoms with Crippen molar-refractivity contribution in [3.63, 3.8) is 0 Å². The van der Waals surface area contributed by atoms with Crippen LogP contribution in [0.5, 0.6) is 0 Å². The molecule has 4 heterocycles. The molecule has 0 spiro atoms. The van der Waals surface area contributed by atoms with Crippen LogP contribution in [-0.4, -0.2) is 68.1 Å². The van der Waals surface area contributed by atoms with Crippen LogP contribution in [0.3, 0.4) is 0 Å². The number of carbonyl (C=O) groups excluding carboxylic acids is 3. The number of carboxylic acid groups (broad SMARTS) is 1. The maximum Gasteiger partial charge on any atom is 0.352 e. The number of hydrogen-bond acceptors (Lipinski definition) is 10. The Balaban J connectivity index is 1.52. The highest BCUT2D eigenvalue weighted by Gasteiger charge is 2.54. The second kappa shape index (κ2) is 9.71. The molecule has 1 fully saturated rings. The van der Waals surface area contributed by atoms with Crippen molar-refractivity contribution in [3.05, 3.63) is 53.1 Å². The molecule has 2 aliphatic rings. The zero-order valence-electron chi connectivity index (χ0n) is 18.2. The van der Waals surface area contributed by atoms with Gasteiger partial charge in [0.05, 0.1) is 5.56 Å². The molecule has 2 aliphatic heterocycles. The van der Waals surface area contributed by atoms with E-state index in [1.165, 1.54) is 42.0 Å². The largest absolute Gasteiger partial charge is 0.477 e. The Kier molecular flexibility index (Phi) is 6.70. The molecule has 2 aromatic rings. The van der Waals surface area contributed by atoms with E-state index in [1.807, 2.05) is 0 Å². The predicted octanol–water partition coefficient (Wildman–Crippen LogP) is -1.10. The molecule has 0 aliphatic carbocycles. The summed E-state index contributed by atoms with van der Waals surface area (Å²) in [6.07, 6.45) is 3.21. The number of carbonyl (C=O) groups is 4. The van der Waals surface area contributed by atoms with Crippen LogP contribution >= 0.6 is 23.3 Å². The number of thioether (sulfide) groups is 1. The Bertz CT molecular complexity index is 1270. The van der Waals surface area contributed by atoms with Crippen LogP contribution in [0.4, 0.5) is 5.00 Å². The number of nitrogen functional groups attached to an aromatic ring is 1. The number of fused-ring (bicyclic) bond motifs is 1. The highest BCUT2D eigenvalue weighted by atomic mass is 32.2. The molecule has 0 bridgehead atoms. The van der Waals surface area contributed by atoms with Gasteiger partial charge in [-0.1, -0.05) is 5.16 Å². The van der Waals surface area contributed by atoms with Gasteiger partial charge in [0.2, 0.25) is 5.91 Å². The third-order valence-corrected chi connectivity index (χ3v) is 7.21. The zero-order chi connectivity index (χ0) is 25.3. The number of nitrogens with zero attached hydrogens (tertiary/aromatic N) is 4. The van der Waals surface area contributed by atoms with Crippen molar-refractivity contribution in [2.75, 3.05) is 18.6 Å². The van der Waals surface area contributed by atoms with Gasteiger partial charge in [0.1, 0.15) is 34.9 Å². The maximum atomic E-state index is 12.9. The van der Waals surface area contributed by atoms with Gasteiger partial charge in [0, 0.05) is 29.5 Å². The molecular weight excluding hydrogens is 498 g/mol. The number of aromatic nitrogens is 2. The number of carboxylic acids is 1. The van der Waals surface area contributed by atoms with Crippen molar-refractivity contribution in [1.29, 1.82) is 0 Å². The van der Waals surface area contributed by atoms with E-state index in [9.17, 15) is 24.3 Å². The van der Waals surface area contributed by atoms with Crippen LogP contribution in [-0.2, 0) is 25.8 Å². The first-order valence-corrected chi connectivity index (χ1v) is 11.9. The van der Waals surface area contributed by atoms with Crippen molar-refractivity contribution in [1.82, 2.24) is 14.6 Å². The van der Waals surface area contributed by atoms with Crippen LogP contribution in [0.15, 0.2) is 47.0 Å². The molecule has 13 nitrogen and oxygen atoms in total. The topological polar surface area (TPSA) is 194 Å². The van der Waals surface area contributed by atoms with Crippen molar-refractivity contribution in [2.45, 2.75) is 18.0 Å². The quantitative estimate of drug-likeness (QED) is 0.145. The summed E-state index contributed by atoms with van der Waals surface area (Å²) in [5, 5.41) is 15.9. The molecule has 35 heavy (non-hydrogen) atoms. The lowest BCUT2D eigenvalue weighted by molar-refractivity contribution is -0.689. The van der Waals surface area contributed by atoms with Gasteiger partial charge in [-0.05, 0) is 11.5 Å². The molecule has 6 N–H and O–H groups in total. The van der Waals surface area contributed by atoms with Crippen LogP contribution in [0, 0.1) is 0 Å². The number of hydrogen-bond donors (Lipinski definition) is 4. The zero-order valence-corrected chi connectivity index (χ0v) is 19.8. The number of rotatable bonds is 8. The minimum absolute atomic E-state index is 0.131. The van der Waals surface area contributed by atoms with Crippen LogP contribution in [0.1, 0.15) is 16.1 Å². The molecule has 0 radical (unpaired) electrons. The van der Waals surface area contributed by atoms with Gasteiger partial charge in [-0.15, -0.1) is 11.8 Å². The van der Waals surface area contributed by atoms with E-state index in [4.69, 9.17) is 16.3 Å². The summed E-state index contributed by atoms with van der Waals surface area (Å²) in [5.41, 5.74) is 11.7. The molecule has 15 heteroatoms. The first-order chi connectivity index (χ1) is 16.7. The van der Waals surface area contributed by atoms with Crippen molar-refractivity contribution < 1.29 is 33.7 Å². The Morgan fingerprint density at radius 3 is 2.66 bits per heavy atom. The number of pyridine rings is 1.